The maximum Gasteiger partial charge on any atom is 0.355 e. The molecule has 5 heteroatoms. The Kier molecular flexibility index (Phi) is 5.22. The molecule has 0 aliphatic heterocycles. The van der Waals surface area contributed by atoms with Crippen LogP contribution >= 0.6 is 0 Å². The van der Waals surface area contributed by atoms with E-state index in [-0.39, 0.29) is 0 Å². The number of esters is 1. The summed E-state index contributed by atoms with van der Waals surface area (Å²) >= 11 is 0. The first-order valence-corrected chi connectivity index (χ1v) is 9.21. The average Bonchev–Trinajstić information content (AvgIpc) is 2.99. The van der Waals surface area contributed by atoms with Gasteiger partial charge in [0.2, 0.25) is 5.88 Å². The van der Waals surface area contributed by atoms with Gasteiger partial charge in [-0.15, -0.1) is 0 Å². The Morgan fingerprint density at radius 3 is 2.67 bits per heavy atom. The van der Waals surface area contributed by atoms with Gasteiger partial charge in [-0.25, -0.2) is 9.78 Å². The highest BCUT2D eigenvalue weighted by Crippen LogP contribution is 2.38. The number of ether oxygens (including phenoxy) is 2. The van der Waals surface area contributed by atoms with E-state index in [0.29, 0.717) is 11.6 Å². The number of methoxy groups -OCH3 is 1. The summed E-state index contributed by atoms with van der Waals surface area (Å²) in [6.07, 6.45) is 3.71. The van der Waals surface area contributed by atoms with E-state index < -0.39 is 11.6 Å². The van der Waals surface area contributed by atoms with Gasteiger partial charge < -0.3 is 14.5 Å². The summed E-state index contributed by atoms with van der Waals surface area (Å²) in [5.41, 5.74) is 3.47. The van der Waals surface area contributed by atoms with Crippen LogP contribution in [-0.2, 0) is 11.2 Å². The van der Waals surface area contributed by atoms with E-state index >= 15 is 0 Å². The maximum absolute atomic E-state index is 12.9. The molecule has 1 aromatic carbocycles. The van der Waals surface area contributed by atoms with Crippen molar-refractivity contribution >= 4 is 16.9 Å². The maximum atomic E-state index is 12.9. The largest absolute Gasteiger partial charge is 0.481 e. The first-order valence-electron chi connectivity index (χ1n) is 9.21. The number of H-pyrrole nitrogens is 1. The summed E-state index contributed by atoms with van der Waals surface area (Å²) in [7, 11) is 1.58. The number of carbonyl (C=O) groups is 1. The van der Waals surface area contributed by atoms with Crippen LogP contribution in [0.3, 0.4) is 0 Å². The molecule has 0 amide bonds. The molecule has 27 heavy (non-hydrogen) atoms. The molecule has 0 aliphatic carbocycles. The molecule has 0 aliphatic rings. The van der Waals surface area contributed by atoms with Crippen LogP contribution in [0.5, 0.6) is 5.88 Å². The second-order valence-electron chi connectivity index (χ2n) is 7.57. The zero-order valence-corrected chi connectivity index (χ0v) is 16.6. The molecule has 0 saturated carbocycles. The van der Waals surface area contributed by atoms with Crippen molar-refractivity contribution in [1.29, 1.82) is 0 Å². The summed E-state index contributed by atoms with van der Waals surface area (Å²) in [4.78, 5) is 20.5. The second kappa shape index (κ2) is 7.43. The monoisotopic (exact) mass is 366 g/mol. The number of nitrogens with zero attached hydrogens (tertiary/aromatic N) is 1. The Labute approximate surface area is 159 Å². The van der Waals surface area contributed by atoms with E-state index in [4.69, 9.17) is 9.47 Å². The number of hydrogen-bond donors (Lipinski definition) is 1. The molecule has 3 aromatic rings. The lowest BCUT2D eigenvalue weighted by atomic mass is 10.00. The summed E-state index contributed by atoms with van der Waals surface area (Å²) in [5, 5.41) is 0.966. The van der Waals surface area contributed by atoms with Gasteiger partial charge in [-0.3, -0.25) is 0 Å². The third-order valence-electron chi connectivity index (χ3n) is 4.24. The number of aromatic nitrogens is 2. The number of rotatable bonds is 5. The van der Waals surface area contributed by atoms with Gasteiger partial charge in [0.1, 0.15) is 11.3 Å². The first kappa shape index (κ1) is 19.0. The van der Waals surface area contributed by atoms with Gasteiger partial charge in [0.25, 0.3) is 0 Å². The molecule has 0 fully saturated rings. The van der Waals surface area contributed by atoms with Crippen LogP contribution in [0.25, 0.3) is 22.0 Å². The Balaban J connectivity index is 2.27. The van der Waals surface area contributed by atoms with Gasteiger partial charge in [0.15, 0.2) is 0 Å². The van der Waals surface area contributed by atoms with E-state index in [9.17, 15) is 4.79 Å². The quantitative estimate of drug-likeness (QED) is 0.635. The topological polar surface area (TPSA) is 64.2 Å². The molecule has 0 saturated heterocycles. The molecule has 0 bridgehead atoms. The van der Waals surface area contributed by atoms with E-state index in [2.05, 4.69) is 29.0 Å². The zero-order chi connectivity index (χ0) is 19.6. The molecule has 5 nitrogen and oxygen atoms in total. The number of aryl methyl sites for hydroxylation is 1. The Morgan fingerprint density at radius 2 is 2.00 bits per heavy atom. The molecule has 0 unspecified atom stereocenters. The predicted molar refractivity (Wildman–Crippen MR) is 107 cm³/mol. The number of aromatic amines is 1. The molecule has 2 aromatic heterocycles. The van der Waals surface area contributed by atoms with Crippen LogP contribution in [-0.4, -0.2) is 28.6 Å². The lowest BCUT2D eigenvalue weighted by Gasteiger charge is -2.19. The third-order valence-corrected chi connectivity index (χ3v) is 4.24. The van der Waals surface area contributed by atoms with E-state index in [1.54, 1.807) is 13.3 Å². The van der Waals surface area contributed by atoms with E-state index in [0.717, 1.165) is 34.9 Å². The van der Waals surface area contributed by atoms with Gasteiger partial charge in [0.05, 0.1) is 7.11 Å². The lowest BCUT2D eigenvalue weighted by molar-refractivity contribution is 0.00648. The summed E-state index contributed by atoms with van der Waals surface area (Å²) in [6.45, 7) is 7.73. The van der Waals surface area contributed by atoms with Crippen molar-refractivity contribution in [2.75, 3.05) is 7.11 Å². The van der Waals surface area contributed by atoms with E-state index in [1.807, 2.05) is 39.0 Å². The highest BCUT2D eigenvalue weighted by atomic mass is 16.6. The molecular formula is C22H26N2O3. The van der Waals surface area contributed by atoms with Crippen molar-refractivity contribution in [3.05, 3.63) is 47.8 Å². The Bertz CT molecular complexity index is 967. The lowest BCUT2D eigenvalue weighted by Crippen LogP contribution is -2.24. The molecule has 142 valence electrons. The Hall–Kier alpha value is -2.82. The highest BCUT2D eigenvalue weighted by molar-refractivity contribution is 6.09. The number of fused-ring (bicyclic) bond motifs is 1. The molecule has 1 N–H and O–H groups in total. The van der Waals surface area contributed by atoms with Crippen molar-refractivity contribution in [3.8, 4) is 17.0 Å². The minimum absolute atomic E-state index is 0.392. The third kappa shape index (κ3) is 3.97. The van der Waals surface area contributed by atoms with Crippen LogP contribution in [0.1, 0.15) is 50.2 Å². The minimum atomic E-state index is -0.585. The standard InChI is InChI=1S/C22H26N2O3/c1-6-8-14-10-11-17-16(13-14)18(15-9-7-12-23-20(15)26-5)19(24-17)21(25)27-22(2,3)4/h7,9-13,24H,6,8H2,1-5H3. The Morgan fingerprint density at radius 1 is 1.22 bits per heavy atom. The second-order valence-corrected chi connectivity index (χ2v) is 7.57. The number of hydrogen-bond acceptors (Lipinski definition) is 4. The fraction of sp³-hybridized carbons (Fsp3) is 0.364. The number of pyridine rings is 1. The molecule has 2 heterocycles. The molecule has 3 rings (SSSR count). The summed E-state index contributed by atoms with van der Waals surface area (Å²) in [5.74, 6) is 0.0840. The fourth-order valence-corrected chi connectivity index (χ4v) is 3.19. The first-order chi connectivity index (χ1) is 12.8. The van der Waals surface area contributed by atoms with Crippen LogP contribution in [0, 0.1) is 0 Å². The van der Waals surface area contributed by atoms with Crippen molar-refractivity contribution in [2.24, 2.45) is 0 Å². The minimum Gasteiger partial charge on any atom is -0.481 e. The number of benzene rings is 1. The van der Waals surface area contributed by atoms with E-state index in [1.165, 1.54) is 5.56 Å². The van der Waals surface area contributed by atoms with Crippen LogP contribution in [0.15, 0.2) is 36.5 Å². The van der Waals surface area contributed by atoms with Crippen LogP contribution in [0.2, 0.25) is 0 Å². The smallest absolute Gasteiger partial charge is 0.355 e. The zero-order valence-electron chi connectivity index (χ0n) is 16.6. The van der Waals surface area contributed by atoms with Gasteiger partial charge in [0, 0.05) is 28.2 Å². The number of nitrogens with one attached hydrogen (secondary N) is 1. The highest BCUT2D eigenvalue weighted by Gasteiger charge is 2.26. The van der Waals surface area contributed by atoms with Gasteiger partial charge in [-0.1, -0.05) is 19.4 Å². The summed E-state index contributed by atoms with van der Waals surface area (Å²) < 4.78 is 11.1. The average molecular weight is 366 g/mol. The molecular weight excluding hydrogens is 340 g/mol. The normalized spacial score (nSPS) is 11.6. The van der Waals surface area contributed by atoms with Gasteiger partial charge >= 0.3 is 5.97 Å². The van der Waals surface area contributed by atoms with Crippen molar-refractivity contribution in [3.63, 3.8) is 0 Å². The van der Waals surface area contributed by atoms with Gasteiger partial charge in [-0.05, 0) is 57.0 Å². The number of carbonyl (C=O) groups excluding carboxylic acids is 1. The molecule has 0 spiro atoms. The van der Waals surface area contributed by atoms with Crippen LogP contribution in [0.4, 0.5) is 0 Å². The fourth-order valence-electron chi connectivity index (χ4n) is 3.19. The summed E-state index contributed by atoms with van der Waals surface area (Å²) in [6, 6.07) is 9.98. The predicted octanol–water partition coefficient (Wildman–Crippen LogP) is 5.15. The SMILES string of the molecule is CCCc1ccc2[nH]c(C(=O)OC(C)(C)C)c(-c3cccnc3OC)c2c1. The van der Waals surface area contributed by atoms with Crippen molar-refractivity contribution in [2.45, 2.75) is 46.1 Å². The van der Waals surface area contributed by atoms with Crippen LogP contribution < -0.4 is 4.74 Å². The van der Waals surface area contributed by atoms with Crippen molar-refractivity contribution < 1.29 is 14.3 Å². The van der Waals surface area contributed by atoms with Crippen molar-refractivity contribution in [1.82, 2.24) is 9.97 Å². The van der Waals surface area contributed by atoms with Gasteiger partial charge in [-0.2, -0.15) is 0 Å². The molecule has 0 radical (unpaired) electrons. The molecule has 0 atom stereocenters.